The molecule has 0 heterocycles. The molecule has 1 aromatic rings. The molecule has 0 radical (unpaired) electrons. The molecule has 21 heavy (non-hydrogen) atoms. The Morgan fingerprint density at radius 1 is 1.14 bits per heavy atom. The molecule has 118 valence electrons. The van der Waals surface area contributed by atoms with Crippen LogP contribution in [0.4, 0.5) is 0 Å². The molecule has 4 nitrogen and oxygen atoms in total. The molecule has 0 N–H and O–H groups in total. The molecule has 0 saturated carbocycles. The molecule has 0 spiro atoms. The van der Waals surface area contributed by atoms with Crippen LogP contribution in [0.3, 0.4) is 0 Å². The summed E-state index contributed by atoms with van der Waals surface area (Å²) < 4.78 is 9.98. The molecule has 1 unspecified atom stereocenters. The smallest absolute Gasteiger partial charge is 0.347 e. The minimum Gasteiger partial charge on any atom is -0.463 e. The fraction of sp³-hybridized carbons (Fsp3) is 0.529. The Kier molecular flexibility index (Phi) is 8.36. The third kappa shape index (κ3) is 5.58. The van der Waals surface area contributed by atoms with Gasteiger partial charge in [-0.15, -0.1) is 0 Å². The number of esters is 2. The standard InChI is InChI=1S/C15H20O4.C2H6/c1-5-18-13(16)11(2)19-14(17)15(3,4)12-9-7-6-8-10-12;1-2/h6-11H,5H2,1-4H3;1-2H3. The Bertz CT molecular complexity index is 437. The Labute approximate surface area is 127 Å². The first-order valence-corrected chi connectivity index (χ1v) is 7.32. The zero-order valence-electron chi connectivity index (χ0n) is 13.8. The molecule has 0 fully saturated rings. The second kappa shape index (κ2) is 9.16. The summed E-state index contributed by atoms with van der Waals surface area (Å²) in [5.41, 5.74) is 0.0400. The monoisotopic (exact) mass is 294 g/mol. The first-order chi connectivity index (χ1) is 9.89. The lowest BCUT2D eigenvalue weighted by Gasteiger charge is -2.24. The molecule has 1 rings (SSSR count). The van der Waals surface area contributed by atoms with Crippen LogP contribution >= 0.6 is 0 Å². The minimum atomic E-state index is -0.893. The lowest BCUT2D eigenvalue weighted by atomic mass is 9.85. The molecule has 0 aliphatic rings. The van der Waals surface area contributed by atoms with Gasteiger partial charge in [0.1, 0.15) is 0 Å². The van der Waals surface area contributed by atoms with Crippen molar-refractivity contribution in [2.45, 2.75) is 53.1 Å². The Balaban J connectivity index is 0.00000191. The maximum Gasteiger partial charge on any atom is 0.347 e. The normalized spacial score (nSPS) is 11.7. The van der Waals surface area contributed by atoms with Crippen molar-refractivity contribution in [2.24, 2.45) is 0 Å². The zero-order valence-corrected chi connectivity index (χ0v) is 13.8. The van der Waals surface area contributed by atoms with E-state index in [1.54, 1.807) is 20.8 Å². The van der Waals surface area contributed by atoms with Gasteiger partial charge in [0.25, 0.3) is 0 Å². The average Bonchev–Trinajstić information content (AvgIpc) is 2.50. The van der Waals surface area contributed by atoms with Crippen LogP contribution in [0.1, 0.15) is 47.1 Å². The highest BCUT2D eigenvalue weighted by Crippen LogP contribution is 2.25. The topological polar surface area (TPSA) is 52.6 Å². The zero-order chi connectivity index (χ0) is 16.5. The van der Waals surface area contributed by atoms with Gasteiger partial charge in [-0.2, -0.15) is 0 Å². The lowest BCUT2D eigenvalue weighted by molar-refractivity contribution is -0.169. The van der Waals surface area contributed by atoms with Crippen molar-refractivity contribution in [3.63, 3.8) is 0 Å². The Hall–Kier alpha value is -1.84. The summed E-state index contributed by atoms with van der Waals surface area (Å²) in [4.78, 5) is 23.6. The number of benzene rings is 1. The lowest BCUT2D eigenvalue weighted by Crippen LogP contribution is -2.36. The van der Waals surface area contributed by atoms with E-state index in [-0.39, 0.29) is 6.61 Å². The molecule has 1 aromatic carbocycles. The van der Waals surface area contributed by atoms with Crippen LogP contribution in [0.2, 0.25) is 0 Å². The summed E-state index contributed by atoms with van der Waals surface area (Å²) in [5, 5.41) is 0. The maximum absolute atomic E-state index is 12.2. The van der Waals surface area contributed by atoms with E-state index in [1.807, 2.05) is 44.2 Å². The third-order valence-corrected chi connectivity index (χ3v) is 2.91. The molecule has 1 atom stereocenters. The molecule has 0 aliphatic heterocycles. The van der Waals surface area contributed by atoms with Crippen LogP contribution in [-0.4, -0.2) is 24.6 Å². The molecule has 0 aromatic heterocycles. The van der Waals surface area contributed by atoms with Gasteiger partial charge in [0.2, 0.25) is 0 Å². The number of ether oxygens (including phenoxy) is 2. The van der Waals surface area contributed by atoms with Crippen molar-refractivity contribution in [2.75, 3.05) is 6.61 Å². The van der Waals surface area contributed by atoms with Gasteiger partial charge in [0, 0.05) is 0 Å². The fourth-order valence-electron chi connectivity index (χ4n) is 1.59. The van der Waals surface area contributed by atoms with Crippen molar-refractivity contribution < 1.29 is 19.1 Å². The second-order valence-corrected chi connectivity index (χ2v) is 4.79. The van der Waals surface area contributed by atoms with E-state index in [9.17, 15) is 9.59 Å². The van der Waals surface area contributed by atoms with E-state index in [0.29, 0.717) is 0 Å². The van der Waals surface area contributed by atoms with Crippen LogP contribution in [0.25, 0.3) is 0 Å². The van der Waals surface area contributed by atoms with E-state index < -0.39 is 23.5 Å². The highest BCUT2D eigenvalue weighted by atomic mass is 16.6. The predicted molar refractivity (Wildman–Crippen MR) is 83.0 cm³/mol. The quantitative estimate of drug-likeness (QED) is 0.780. The van der Waals surface area contributed by atoms with Gasteiger partial charge in [0.15, 0.2) is 6.10 Å². The summed E-state index contributed by atoms with van der Waals surface area (Å²) >= 11 is 0. The number of carbonyl (C=O) groups is 2. The number of rotatable bonds is 5. The van der Waals surface area contributed by atoms with Crippen LogP contribution in [-0.2, 0) is 24.5 Å². The summed E-state index contributed by atoms with van der Waals surface area (Å²) in [6.45, 7) is 11.0. The molecular weight excluding hydrogens is 268 g/mol. The van der Waals surface area contributed by atoms with Crippen molar-refractivity contribution in [1.82, 2.24) is 0 Å². The number of hydrogen-bond acceptors (Lipinski definition) is 4. The molecule has 0 saturated heterocycles. The van der Waals surface area contributed by atoms with E-state index in [1.165, 1.54) is 6.92 Å². The molecule has 0 bridgehead atoms. The summed E-state index contributed by atoms with van der Waals surface area (Å²) in [7, 11) is 0. The largest absolute Gasteiger partial charge is 0.463 e. The Morgan fingerprint density at radius 3 is 2.14 bits per heavy atom. The van der Waals surface area contributed by atoms with Gasteiger partial charge in [-0.25, -0.2) is 4.79 Å². The first kappa shape index (κ1) is 19.2. The van der Waals surface area contributed by atoms with Gasteiger partial charge >= 0.3 is 11.9 Å². The van der Waals surface area contributed by atoms with Crippen LogP contribution < -0.4 is 0 Å². The second-order valence-electron chi connectivity index (χ2n) is 4.79. The summed E-state index contributed by atoms with van der Waals surface area (Å²) in [6, 6.07) is 9.32. The Morgan fingerprint density at radius 2 is 1.67 bits per heavy atom. The molecule has 0 amide bonds. The minimum absolute atomic E-state index is 0.267. The van der Waals surface area contributed by atoms with Crippen LogP contribution in [0.15, 0.2) is 30.3 Å². The SMILES string of the molecule is CC.CCOC(=O)C(C)OC(=O)C(C)(C)c1ccccc1. The third-order valence-electron chi connectivity index (χ3n) is 2.91. The van der Waals surface area contributed by atoms with Crippen molar-refractivity contribution in [3.05, 3.63) is 35.9 Å². The summed E-state index contributed by atoms with van der Waals surface area (Å²) in [6.07, 6.45) is -0.893. The molecular formula is C17H26O4. The number of hydrogen-bond donors (Lipinski definition) is 0. The predicted octanol–water partition coefficient (Wildman–Crippen LogP) is 3.49. The van der Waals surface area contributed by atoms with Crippen LogP contribution in [0, 0.1) is 0 Å². The van der Waals surface area contributed by atoms with E-state index >= 15 is 0 Å². The van der Waals surface area contributed by atoms with Crippen molar-refractivity contribution in [1.29, 1.82) is 0 Å². The fourth-order valence-corrected chi connectivity index (χ4v) is 1.59. The van der Waals surface area contributed by atoms with Gasteiger partial charge in [-0.1, -0.05) is 44.2 Å². The van der Waals surface area contributed by atoms with Crippen LogP contribution in [0.5, 0.6) is 0 Å². The number of carbonyl (C=O) groups excluding carboxylic acids is 2. The highest BCUT2D eigenvalue weighted by Gasteiger charge is 2.34. The maximum atomic E-state index is 12.2. The van der Waals surface area contributed by atoms with Gasteiger partial charge in [-0.3, -0.25) is 4.79 Å². The highest BCUT2D eigenvalue weighted by molar-refractivity contribution is 5.85. The summed E-state index contributed by atoms with van der Waals surface area (Å²) in [5.74, 6) is -0.973. The molecule has 0 aliphatic carbocycles. The van der Waals surface area contributed by atoms with E-state index in [0.717, 1.165) is 5.56 Å². The van der Waals surface area contributed by atoms with Gasteiger partial charge in [-0.05, 0) is 33.3 Å². The molecule has 4 heteroatoms. The van der Waals surface area contributed by atoms with Crippen molar-refractivity contribution >= 4 is 11.9 Å². The van der Waals surface area contributed by atoms with Gasteiger partial charge < -0.3 is 9.47 Å². The van der Waals surface area contributed by atoms with E-state index in [2.05, 4.69) is 0 Å². The first-order valence-electron chi connectivity index (χ1n) is 7.32. The van der Waals surface area contributed by atoms with Crippen molar-refractivity contribution in [3.8, 4) is 0 Å². The van der Waals surface area contributed by atoms with E-state index in [4.69, 9.17) is 9.47 Å². The average molecular weight is 294 g/mol. The van der Waals surface area contributed by atoms with Gasteiger partial charge in [0.05, 0.1) is 12.0 Å².